The number of nitrogens with zero attached hydrogens (tertiary/aromatic N) is 3. The molecule has 2 heterocycles. The molecule has 0 fully saturated rings. The number of aromatic nitrogens is 3. The van der Waals surface area contributed by atoms with Gasteiger partial charge in [0.2, 0.25) is 0 Å². The van der Waals surface area contributed by atoms with Gasteiger partial charge in [0, 0.05) is 17.6 Å². The molecule has 0 bridgehead atoms. The minimum atomic E-state index is 0.716. The van der Waals surface area contributed by atoms with Gasteiger partial charge in [-0.05, 0) is 44.4 Å². The first-order valence-electron chi connectivity index (χ1n) is 6.47. The number of rotatable bonds is 4. The second-order valence-electron chi connectivity index (χ2n) is 4.59. The van der Waals surface area contributed by atoms with Crippen LogP contribution in [0.15, 0.2) is 24.4 Å². The van der Waals surface area contributed by atoms with Crippen LogP contribution in [-0.4, -0.2) is 15.0 Å². The molecule has 0 N–H and O–H groups in total. The van der Waals surface area contributed by atoms with Crippen LogP contribution in [0.2, 0.25) is 0 Å². The van der Waals surface area contributed by atoms with Crippen molar-refractivity contribution in [2.45, 2.75) is 40.0 Å². The second-order valence-corrected chi connectivity index (χ2v) is 4.59. The summed E-state index contributed by atoms with van der Waals surface area (Å²) in [6.07, 6.45) is 5.17. The molecule has 0 spiro atoms. The van der Waals surface area contributed by atoms with Crippen LogP contribution in [0.3, 0.4) is 0 Å². The Morgan fingerprint density at radius 1 is 1.06 bits per heavy atom. The van der Waals surface area contributed by atoms with Crippen molar-refractivity contribution in [3.8, 4) is 11.5 Å². The first kappa shape index (κ1) is 12.7. The minimum Gasteiger partial charge on any atom is -0.249 e. The molecule has 2 aromatic heterocycles. The fourth-order valence-electron chi connectivity index (χ4n) is 1.87. The summed E-state index contributed by atoms with van der Waals surface area (Å²) in [6, 6.07) is 6.01. The Kier molecular flexibility index (Phi) is 4.03. The van der Waals surface area contributed by atoms with E-state index in [0.717, 1.165) is 17.8 Å². The number of pyridine rings is 1. The van der Waals surface area contributed by atoms with Gasteiger partial charge >= 0.3 is 0 Å². The first-order chi connectivity index (χ1) is 8.70. The van der Waals surface area contributed by atoms with Gasteiger partial charge in [-0.3, -0.25) is 0 Å². The predicted molar refractivity (Wildman–Crippen MR) is 73.3 cm³/mol. The normalized spacial score (nSPS) is 10.6. The van der Waals surface area contributed by atoms with Crippen molar-refractivity contribution in [1.29, 1.82) is 0 Å². The molecule has 0 amide bonds. The Labute approximate surface area is 108 Å². The van der Waals surface area contributed by atoms with Gasteiger partial charge in [-0.2, -0.15) is 0 Å². The molecule has 0 saturated heterocycles. The maximum atomic E-state index is 4.70. The zero-order valence-electron chi connectivity index (χ0n) is 11.3. The van der Waals surface area contributed by atoms with Crippen molar-refractivity contribution in [3.05, 3.63) is 41.3 Å². The second kappa shape index (κ2) is 5.71. The Hall–Kier alpha value is -1.77. The van der Waals surface area contributed by atoms with Crippen molar-refractivity contribution in [3.63, 3.8) is 0 Å². The summed E-state index contributed by atoms with van der Waals surface area (Å²) in [5.74, 6) is 0.716. The van der Waals surface area contributed by atoms with Crippen LogP contribution >= 0.6 is 0 Å². The van der Waals surface area contributed by atoms with E-state index in [9.17, 15) is 0 Å². The van der Waals surface area contributed by atoms with Crippen LogP contribution in [0.4, 0.5) is 0 Å². The third-order valence-electron chi connectivity index (χ3n) is 2.99. The molecule has 0 aliphatic heterocycles. The molecule has 0 atom stereocenters. The van der Waals surface area contributed by atoms with Gasteiger partial charge in [-0.25, -0.2) is 15.0 Å². The van der Waals surface area contributed by atoms with Crippen LogP contribution in [0.5, 0.6) is 0 Å². The van der Waals surface area contributed by atoms with E-state index in [1.165, 1.54) is 24.1 Å². The van der Waals surface area contributed by atoms with Gasteiger partial charge in [0.25, 0.3) is 0 Å². The predicted octanol–water partition coefficient (Wildman–Crippen LogP) is 3.50. The van der Waals surface area contributed by atoms with E-state index in [1.54, 1.807) is 6.20 Å². The summed E-state index contributed by atoms with van der Waals surface area (Å²) < 4.78 is 0. The molecule has 0 unspecified atom stereocenters. The number of aryl methyl sites for hydroxylation is 3. The van der Waals surface area contributed by atoms with E-state index < -0.39 is 0 Å². The molecule has 0 aromatic carbocycles. The average Bonchev–Trinajstić information content (AvgIpc) is 2.38. The lowest BCUT2D eigenvalue weighted by Gasteiger charge is -2.07. The highest BCUT2D eigenvalue weighted by Crippen LogP contribution is 2.16. The molecule has 94 valence electrons. The van der Waals surface area contributed by atoms with Crippen molar-refractivity contribution in [2.75, 3.05) is 0 Å². The lowest BCUT2D eigenvalue weighted by Crippen LogP contribution is -1.99. The lowest BCUT2D eigenvalue weighted by atomic mass is 10.1. The van der Waals surface area contributed by atoms with E-state index >= 15 is 0 Å². The Morgan fingerprint density at radius 2 is 1.89 bits per heavy atom. The maximum absolute atomic E-state index is 4.70. The third kappa shape index (κ3) is 2.92. The Balaban J connectivity index is 2.34. The lowest BCUT2D eigenvalue weighted by molar-refractivity contribution is 0.772. The summed E-state index contributed by atoms with van der Waals surface area (Å²) in [5, 5.41) is 0. The fourth-order valence-corrected chi connectivity index (χ4v) is 1.87. The molecule has 3 nitrogen and oxygen atoms in total. The molecular formula is C15H19N3. The average molecular weight is 241 g/mol. The van der Waals surface area contributed by atoms with E-state index in [4.69, 9.17) is 4.98 Å². The molecule has 18 heavy (non-hydrogen) atoms. The smallest absolute Gasteiger partial charge is 0.178 e. The molecule has 2 rings (SSSR count). The maximum Gasteiger partial charge on any atom is 0.178 e. The number of hydrogen-bond donors (Lipinski definition) is 0. The highest BCUT2D eigenvalue weighted by Gasteiger charge is 2.06. The number of hydrogen-bond acceptors (Lipinski definition) is 3. The van der Waals surface area contributed by atoms with Crippen molar-refractivity contribution < 1.29 is 0 Å². The molecule has 2 aromatic rings. The number of unbranched alkanes of at least 4 members (excludes halogenated alkanes) is 1. The van der Waals surface area contributed by atoms with Crippen LogP contribution in [-0.2, 0) is 6.42 Å². The standard InChI is InChI=1S/C15H19N3/c1-4-5-6-13-11(2)7-8-14(18-13)15-16-10-9-12(3)17-15/h7-10H,4-6H2,1-3H3. The van der Waals surface area contributed by atoms with Crippen molar-refractivity contribution >= 4 is 0 Å². The van der Waals surface area contributed by atoms with Gasteiger partial charge in [0.15, 0.2) is 5.82 Å². The van der Waals surface area contributed by atoms with Crippen LogP contribution in [0, 0.1) is 13.8 Å². The molecular weight excluding hydrogens is 222 g/mol. The zero-order chi connectivity index (χ0) is 13.0. The van der Waals surface area contributed by atoms with E-state index in [1.807, 2.05) is 19.1 Å². The minimum absolute atomic E-state index is 0.716. The highest BCUT2D eigenvalue weighted by molar-refractivity contribution is 5.50. The SMILES string of the molecule is CCCCc1nc(-c2nccc(C)n2)ccc1C. The van der Waals surface area contributed by atoms with Gasteiger partial charge in [-0.15, -0.1) is 0 Å². The fraction of sp³-hybridized carbons (Fsp3) is 0.400. The van der Waals surface area contributed by atoms with Gasteiger partial charge < -0.3 is 0 Å². The van der Waals surface area contributed by atoms with E-state index in [0.29, 0.717) is 5.82 Å². The first-order valence-corrected chi connectivity index (χ1v) is 6.47. The molecule has 0 aliphatic rings. The molecule has 0 saturated carbocycles. The van der Waals surface area contributed by atoms with Gasteiger partial charge in [0.1, 0.15) is 5.69 Å². The van der Waals surface area contributed by atoms with Crippen molar-refractivity contribution in [2.24, 2.45) is 0 Å². The summed E-state index contributed by atoms with van der Waals surface area (Å²) in [7, 11) is 0. The quantitative estimate of drug-likeness (QED) is 0.822. The summed E-state index contributed by atoms with van der Waals surface area (Å²) in [6.45, 7) is 6.28. The summed E-state index contributed by atoms with van der Waals surface area (Å²) >= 11 is 0. The van der Waals surface area contributed by atoms with Gasteiger partial charge in [0.05, 0.1) is 0 Å². The zero-order valence-corrected chi connectivity index (χ0v) is 11.3. The van der Waals surface area contributed by atoms with E-state index in [2.05, 4.69) is 29.9 Å². The van der Waals surface area contributed by atoms with Crippen LogP contribution in [0.1, 0.15) is 36.7 Å². The van der Waals surface area contributed by atoms with Crippen LogP contribution < -0.4 is 0 Å². The highest BCUT2D eigenvalue weighted by atomic mass is 14.9. The summed E-state index contributed by atoms with van der Waals surface area (Å²) in [4.78, 5) is 13.4. The summed E-state index contributed by atoms with van der Waals surface area (Å²) in [5.41, 5.74) is 4.26. The monoisotopic (exact) mass is 241 g/mol. The largest absolute Gasteiger partial charge is 0.249 e. The van der Waals surface area contributed by atoms with Crippen LogP contribution in [0.25, 0.3) is 11.5 Å². The topological polar surface area (TPSA) is 38.7 Å². The van der Waals surface area contributed by atoms with E-state index in [-0.39, 0.29) is 0 Å². The van der Waals surface area contributed by atoms with Crippen molar-refractivity contribution in [1.82, 2.24) is 15.0 Å². The molecule has 3 heteroatoms. The van der Waals surface area contributed by atoms with Gasteiger partial charge in [-0.1, -0.05) is 19.4 Å². The Bertz CT molecular complexity index is 535. The Morgan fingerprint density at radius 3 is 2.61 bits per heavy atom. The molecule has 0 aliphatic carbocycles. The molecule has 0 radical (unpaired) electrons. The third-order valence-corrected chi connectivity index (χ3v) is 2.99.